The zero-order valence-corrected chi connectivity index (χ0v) is 5.71. The van der Waals surface area contributed by atoms with Gasteiger partial charge in [0.25, 0.3) is 0 Å². The van der Waals surface area contributed by atoms with Gasteiger partial charge in [0.1, 0.15) is 0 Å². The smallest absolute Gasteiger partial charge is 0.0902 e. The Morgan fingerprint density at radius 1 is 1.33 bits per heavy atom. The molecule has 1 rings (SSSR count). The Kier molecular flexibility index (Phi) is 6.63. The van der Waals surface area contributed by atoms with E-state index in [4.69, 9.17) is 5.73 Å². The van der Waals surface area contributed by atoms with E-state index < -0.39 is 0 Å². The van der Waals surface area contributed by atoms with Crippen molar-refractivity contribution in [2.24, 2.45) is 5.73 Å². The lowest BCUT2D eigenvalue weighted by molar-refractivity contribution is 0.567. The maximum Gasteiger partial charge on any atom is 0.0902 e. The first-order chi connectivity index (χ1) is 4.41. The summed E-state index contributed by atoms with van der Waals surface area (Å²) in [4.78, 5) is 0. The Balaban J connectivity index is 0.000000148. The van der Waals surface area contributed by atoms with E-state index >= 15 is 0 Å². The second-order valence-electron chi connectivity index (χ2n) is 1.58. The topological polar surface area (TPSA) is 39.2 Å². The third-order valence-corrected chi connectivity index (χ3v) is 0.714. The van der Waals surface area contributed by atoms with Crippen LogP contribution in [0.5, 0.6) is 0 Å². The average Bonchev–Trinajstić information content (AvgIpc) is 2.43. The van der Waals surface area contributed by atoms with E-state index in [0.717, 1.165) is 13.0 Å². The Morgan fingerprint density at radius 3 is 1.89 bits per heavy atom. The Bertz CT molecular complexity index is 84.4. The quantitative estimate of drug-likeness (QED) is 0.622. The molecule has 1 aromatic heterocycles. The number of furan rings is 1. The Hall–Kier alpha value is -0.760. The van der Waals surface area contributed by atoms with Gasteiger partial charge in [0.2, 0.25) is 0 Å². The fraction of sp³-hybridized carbons (Fsp3) is 0.429. The van der Waals surface area contributed by atoms with E-state index in [-0.39, 0.29) is 0 Å². The van der Waals surface area contributed by atoms with Crippen LogP contribution in [-0.4, -0.2) is 6.54 Å². The molecule has 1 aromatic rings. The number of hydrogen-bond donors (Lipinski definition) is 1. The van der Waals surface area contributed by atoms with Crippen LogP contribution in [0, 0.1) is 0 Å². The van der Waals surface area contributed by atoms with Gasteiger partial charge in [-0.25, -0.2) is 0 Å². The highest BCUT2D eigenvalue weighted by molar-refractivity contribution is 4.79. The van der Waals surface area contributed by atoms with E-state index in [9.17, 15) is 0 Å². The van der Waals surface area contributed by atoms with Gasteiger partial charge >= 0.3 is 0 Å². The van der Waals surface area contributed by atoms with Crippen LogP contribution in [0.15, 0.2) is 29.1 Å². The molecule has 0 radical (unpaired) electrons. The number of rotatable bonds is 1. The maximum atomic E-state index is 5.03. The summed E-state index contributed by atoms with van der Waals surface area (Å²) in [6, 6.07) is 3.67. The van der Waals surface area contributed by atoms with Crippen molar-refractivity contribution in [1.29, 1.82) is 0 Å². The maximum absolute atomic E-state index is 5.03. The molecule has 2 heteroatoms. The number of hydrogen-bond acceptors (Lipinski definition) is 2. The average molecular weight is 127 g/mol. The molecule has 0 aliphatic rings. The second-order valence-corrected chi connectivity index (χ2v) is 1.58. The van der Waals surface area contributed by atoms with Crippen LogP contribution in [0.3, 0.4) is 0 Å². The number of nitrogens with two attached hydrogens (primary N) is 1. The minimum absolute atomic E-state index is 0.819. The molecule has 0 bridgehead atoms. The molecule has 0 spiro atoms. The van der Waals surface area contributed by atoms with Gasteiger partial charge in [-0.1, -0.05) is 6.92 Å². The van der Waals surface area contributed by atoms with Crippen molar-refractivity contribution in [3.63, 3.8) is 0 Å². The van der Waals surface area contributed by atoms with Crippen molar-refractivity contribution in [2.45, 2.75) is 13.3 Å². The molecule has 1 heterocycles. The zero-order chi connectivity index (χ0) is 6.95. The summed E-state index contributed by atoms with van der Waals surface area (Å²) >= 11 is 0. The van der Waals surface area contributed by atoms with Crippen LogP contribution in [0.4, 0.5) is 0 Å². The predicted octanol–water partition coefficient (Wildman–Crippen LogP) is 1.63. The molecule has 0 aliphatic carbocycles. The summed E-state index contributed by atoms with van der Waals surface area (Å²) in [5.41, 5.74) is 5.03. The van der Waals surface area contributed by atoms with Crippen molar-refractivity contribution >= 4 is 0 Å². The molecular formula is C7H13NO. The van der Waals surface area contributed by atoms with E-state index in [1.54, 1.807) is 12.5 Å². The Morgan fingerprint density at radius 2 is 1.78 bits per heavy atom. The summed E-state index contributed by atoms with van der Waals surface area (Å²) in [6.45, 7) is 2.88. The highest BCUT2D eigenvalue weighted by atomic mass is 16.3. The summed E-state index contributed by atoms with van der Waals surface area (Å²) in [6.07, 6.45) is 4.35. The minimum atomic E-state index is 0.819. The standard InChI is InChI=1S/C4H4O.C3H9N/c1-2-4-5-3-1;1-2-3-4/h1-4H;2-4H2,1H3. The van der Waals surface area contributed by atoms with E-state index in [2.05, 4.69) is 11.3 Å². The molecular weight excluding hydrogens is 114 g/mol. The lowest BCUT2D eigenvalue weighted by Gasteiger charge is -1.70. The fourth-order valence-corrected chi connectivity index (χ4v) is 0.227. The fourth-order valence-electron chi connectivity index (χ4n) is 0.227. The van der Waals surface area contributed by atoms with Crippen molar-refractivity contribution in [3.8, 4) is 0 Å². The molecule has 0 aliphatic heterocycles. The van der Waals surface area contributed by atoms with Gasteiger partial charge in [0, 0.05) is 0 Å². The molecule has 9 heavy (non-hydrogen) atoms. The van der Waals surface area contributed by atoms with Gasteiger partial charge in [-0.15, -0.1) is 0 Å². The molecule has 0 atom stereocenters. The Labute approximate surface area is 55.7 Å². The van der Waals surface area contributed by atoms with E-state index in [0.29, 0.717) is 0 Å². The van der Waals surface area contributed by atoms with E-state index in [1.165, 1.54) is 0 Å². The van der Waals surface area contributed by atoms with Crippen LogP contribution >= 0.6 is 0 Å². The molecule has 0 saturated heterocycles. The van der Waals surface area contributed by atoms with Crippen LogP contribution in [0.1, 0.15) is 13.3 Å². The molecule has 0 unspecified atom stereocenters. The second kappa shape index (κ2) is 7.24. The van der Waals surface area contributed by atoms with Crippen molar-refractivity contribution < 1.29 is 4.42 Å². The van der Waals surface area contributed by atoms with Crippen LogP contribution in [0.2, 0.25) is 0 Å². The summed E-state index contributed by atoms with van der Waals surface area (Å²) in [5, 5.41) is 0. The van der Waals surface area contributed by atoms with Gasteiger partial charge in [-0.05, 0) is 25.1 Å². The molecule has 2 nitrogen and oxygen atoms in total. The summed E-state index contributed by atoms with van der Waals surface area (Å²) < 4.78 is 4.58. The highest BCUT2D eigenvalue weighted by Gasteiger charge is 1.59. The van der Waals surface area contributed by atoms with Crippen LogP contribution < -0.4 is 5.73 Å². The van der Waals surface area contributed by atoms with Gasteiger partial charge in [0.05, 0.1) is 12.5 Å². The predicted molar refractivity (Wildman–Crippen MR) is 38.1 cm³/mol. The van der Waals surface area contributed by atoms with Crippen molar-refractivity contribution in [2.75, 3.05) is 6.54 Å². The van der Waals surface area contributed by atoms with Gasteiger partial charge in [-0.3, -0.25) is 0 Å². The van der Waals surface area contributed by atoms with Crippen LogP contribution in [0.25, 0.3) is 0 Å². The zero-order valence-electron chi connectivity index (χ0n) is 5.71. The lowest BCUT2D eigenvalue weighted by Crippen LogP contribution is -1.93. The molecule has 2 N–H and O–H groups in total. The summed E-state index contributed by atoms with van der Waals surface area (Å²) in [5.74, 6) is 0. The monoisotopic (exact) mass is 127 g/mol. The highest BCUT2D eigenvalue weighted by Crippen LogP contribution is 1.79. The SMILES string of the molecule is CCCN.c1ccoc1. The first-order valence-electron chi connectivity index (χ1n) is 3.09. The molecule has 0 aromatic carbocycles. The first-order valence-corrected chi connectivity index (χ1v) is 3.09. The van der Waals surface area contributed by atoms with Gasteiger partial charge in [-0.2, -0.15) is 0 Å². The summed E-state index contributed by atoms with van der Waals surface area (Å²) in [7, 11) is 0. The minimum Gasteiger partial charge on any atom is -0.473 e. The molecule has 0 fully saturated rings. The molecule has 0 amide bonds. The largest absolute Gasteiger partial charge is 0.473 e. The third-order valence-electron chi connectivity index (χ3n) is 0.714. The lowest BCUT2D eigenvalue weighted by atomic mass is 10.5. The van der Waals surface area contributed by atoms with Crippen LogP contribution in [-0.2, 0) is 0 Å². The normalized spacial score (nSPS) is 7.78. The van der Waals surface area contributed by atoms with Crippen molar-refractivity contribution in [3.05, 3.63) is 24.7 Å². The molecule has 0 saturated carbocycles. The van der Waals surface area contributed by atoms with Crippen molar-refractivity contribution in [1.82, 2.24) is 0 Å². The molecule has 52 valence electrons. The third kappa shape index (κ3) is 7.24. The van der Waals surface area contributed by atoms with Gasteiger partial charge in [0.15, 0.2) is 0 Å². The van der Waals surface area contributed by atoms with E-state index in [1.807, 2.05) is 12.1 Å². The van der Waals surface area contributed by atoms with Gasteiger partial charge < -0.3 is 10.2 Å². The first kappa shape index (κ1) is 8.24.